The fourth-order valence-electron chi connectivity index (χ4n) is 1.96. The molecule has 4 heteroatoms. The zero-order valence-corrected chi connectivity index (χ0v) is 10.6. The number of hydrogen-bond acceptors (Lipinski definition) is 3. The highest BCUT2D eigenvalue weighted by Crippen LogP contribution is 2.24. The molecule has 92 valence electrons. The summed E-state index contributed by atoms with van der Waals surface area (Å²) in [6.07, 6.45) is 3.80. The molecule has 3 nitrogen and oxygen atoms in total. The van der Waals surface area contributed by atoms with E-state index in [0.717, 1.165) is 6.54 Å². The van der Waals surface area contributed by atoms with Crippen LogP contribution in [0.5, 0.6) is 0 Å². The highest BCUT2D eigenvalue weighted by atomic mass is 32.2. The molecule has 1 amide bonds. The Morgan fingerprint density at radius 2 is 2.35 bits per heavy atom. The number of nitrogens with two attached hydrogens (primary N) is 1. The van der Waals surface area contributed by atoms with Crippen LogP contribution in [-0.2, 0) is 0 Å². The summed E-state index contributed by atoms with van der Waals surface area (Å²) in [6, 6.07) is 7.09. The zero-order chi connectivity index (χ0) is 12.1. The Hall–Kier alpha value is -1.16. The van der Waals surface area contributed by atoms with E-state index in [-0.39, 0.29) is 5.91 Å². The lowest BCUT2D eigenvalue weighted by Gasteiger charge is -2.21. The number of thioether (sulfide) groups is 1. The number of hydrogen-bond donors (Lipinski definition) is 2. The first kappa shape index (κ1) is 12.3. The number of benzene rings is 1. The average Bonchev–Trinajstić information content (AvgIpc) is 2.37. The van der Waals surface area contributed by atoms with Crippen LogP contribution in [0.25, 0.3) is 0 Å². The molecule has 1 atom stereocenters. The SMILES string of the molecule is Nc1cccc(C(=O)NCC2CCCCS2)c1. The van der Waals surface area contributed by atoms with Crippen molar-refractivity contribution in [2.24, 2.45) is 0 Å². The van der Waals surface area contributed by atoms with Crippen LogP contribution >= 0.6 is 11.8 Å². The maximum absolute atomic E-state index is 11.9. The molecule has 0 bridgehead atoms. The summed E-state index contributed by atoms with van der Waals surface area (Å²) < 4.78 is 0. The van der Waals surface area contributed by atoms with Gasteiger partial charge in [0, 0.05) is 23.0 Å². The Kier molecular flexibility index (Phi) is 4.31. The third-order valence-electron chi connectivity index (χ3n) is 2.91. The van der Waals surface area contributed by atoms with Crippen LogP contribution in [0, 0.1) is 0 Å². The molecular weight excluding hydrogens is 232 g/mol. The molecule has 1 aliphatic rings. The molecule has 0 saturated carbocycles. The summed E-state index contributed by atoms with van der Waals surface area (Å²) in [5.41, 5.74) is 6.92. The zero-order valence-electron chi connectivity index (χ0n) is 9.82. The summed E-state index contributed by atoms with van der Waals surface area (Å²) in [4.78, 5) is 11.9. The minimum atomic E-state index is -0.0246. The van der Waals surface area contributed by atoms with Gasteiger partial charge in [-0.05, 0) is 36.8 Å². The van der Waals surface area contributed by atoms with Crippen molar-refractivity contribution in [3.63, 3.8) is 0 Å². The minimum Gasteiger partial charge on any atom is -0.399 e. The van der Waals surface area contributed by atoms with E-state index >= 15 is 0 Å². The van der Waals surface area contributed by atoms with Gasteiger partial charge in [-0.15, -0.1) is 0 Å². The van der Waals surface area contributed by atoms with E-state index in [0.29, 0.717) is 16.5 Å². The molecule has 0 aromatic heterocycles. The summed E-state index contributed by atoms with van der Waals surface area (Å²) in [5.74, 6) is 1.20. The van der Waals surface area contributed by atoms with Crippen LogP contribution in [0.2, 0.25) is 0 Å². The molecule has 1 aromatic carbocycles. The Labute approximate surface area is 106 Å². The molecular formula is C13H18N2OS. The van der Waals surface area contributed by atoms with Crippen molar-refractivity contribution in [3.8, 4) is 0 Å². The van der Waals surface area contributed by atoms with Gasteiger partial charge in [-0.25, -0.2) is 0 Å². The maximum Gasteiger partial charge on any atom is 0.251 e. The predicted octanol–water partition coefficient (Wildman–Crippen LogP) is 2.28. The first-order chi connectivity index (χ1) is 8.25. The number of rotatable bonds is 3. The Morgan fingerprint density at radius 3 is 3.06 bits per heavy atom. The van der Waals surface area contributed by atoms with E-state index in [2.05, 4.69) is 5.32 Å². The second-order valence-electron chi connectivity index (χ2n) is 4.32. The van der Waals surface area contributed by atoms with Crippen molar-refractivity contribution in [2.45, 2.75) is 24.5 Å². The molecule has 3 N–H and O–H groups in total. The third-order valence-corrected chi connectivity index (χ3v) is 4.31. The molecule has 1 saturated heterocycles. The highest BCUT2D eigenvalue weighted by Gasteiger charge is 2.15. The first-order valence-corrected chi connectivity index (χ1v) is 7.06. The molecule has 0 radical (unpaired) electrons. The van der Waals surface area contributed by atoms with Crippen LogP contribution in [0.3, 0.4) is 0 Å². The number of carbonyl (C=O) groups excluding carboxylic acids is 1. The van der Waals surface area contributed by atoms with E-state index in [9.17, 15) is 4.79 Å². The lowest BCUT2D eigenvalue weighted by atomic mass is 10.1. The Balaban J connectivity index is 1.84. The summed E-state index contributed by atoms with van der Waals surface area (Å²) in [7, 11) is 0. The number of nitrogens with one attached hydrogen (secondary N) is 1. The van der Waals surface area contributed by atoms with Gasteiger partial charge in [-0.3, -0.25) is 4.79 Å². The molecule has 2 rings (SSSR count). The van der Waals surface area contributed by atoms with E-state index in [1.54, 1.807) is 24.3 Å². The standard InChI is InChI=1S/C13H18N2OS/c14-11-5-3-4-10(8-11)13(16)15-9-12-6-1-2-7-17-12/h3-5,8,12H,1-2,6-7,9,14H2,(H,15,16). The van der Waals surface area contributed by atoms with Crippen LogP contribution in [0.15, 0.2) is 24.3 Å². The third kappa shape index (κ3) is 3.66. The van der Waals surface area contributed by atoms with E-state index in [4.69, 9.17) is 5.73 Å². The Bertz CT molecular complexity index is 389. The van der Waals surface area contributed by atoms with Crippen LogP contribution in [-0.4, -0.2) is 23.5 Å². The molecule has 1 aliphatic heterocycles. The second kappa shape index (κ2) is 5.96. The fourth-order valence-corrected chi connectivity index (χ4v) is 3.20. The van der Waals surface area contributed by atoms with E-state index < -0.39 is 0 Å². The topological polar surface area (TPSA) is 55.1 Å². The highest BCUT2D eigenvalue weighted by molar-refractivity contribution is 7.99. The minimum absolute atomic E-state index is 0.0246. The van der Waals surface area contributed by atoms with Gasteiger partial charge in [0.2, 0.25) is 0 Å². The van der Waals surface area contributed by atoms with Gasteiger partial charge < -0.3 is 11.1 Å². The van der Waals surface area contributed by atoms with Gasteiger partial charge in [0.25, 0.3) is 5.91 Å². The maximum atomic E-state index is 11.9. The monoisotopic (exact) mass is 250 g/mol. The van der Waals surface area contributed by atoms with Gasteiger partial charge in [0.1, 0.15) is 0 Å². The van der Waals surface area contributed by atoms with Crippen molar-refractivity contribution in [3.05, 3.63) is 29.8 Å². The van der Waals surface area contributed by atoms with Gasteiger partial charge >= 0.3 is 0 Å². The molecule has 0 spiro atoms. The number of anilines is 1. The largest absolute Gasteiger partial charge is 0.399 e. The molecule has 1 unspecified atom stereocenters. The first-order valence-electron chi connectivity index (χ1n) is 6.01. The normalized spacial score (nSPS) is 19.9. The molecule has 1 fully saturated rings. The average molecular weight is 250 g/mol. The molecule has 1 heterocycles. The van der Waals surface area contributed by atoms with Crippen LogP contribution in [0.4, 0.5) is 5.69 Å². The molecule has 1 aromatic rings. The Morgan fingerprint density at radius 1 is 1.47 bits per heavy atom. The summed E-state index contributed by atoms with van der Waals surface area (Å²) >= 11 is 1.96. The van der Waals surface area contributed by atoms with Crippen molar-refractivity contribution >= 4 is 23.4 Å². The lowest BCUT2D eigenvalue weighted by Crippen LogP contribution is -2.31. The second-order valence-corrected chi connectivity index (χ2v) is 5.73. The molecule has 0 aliphatic carbocycles. The van der Waals surface area contributed by atoms with Crippen molar-refractivity contribution in [2.75, 3.05) is 18.0 Å². The lowest BCUT2D eigenvalue weighted by molar-refractivity contribution is 0.0953. The van der Waals surface area contributed by atoms with E-state index in [1.165, 1.54) is 25.0 Å². The smallest absolute Gasteiger partial charge is 0.251 e. The van der Waals surface area contributed by atoms with Gasteiger partial charge in [-0.1, -0.05) is 12.5 Å². The van der Waals surface area contributed by atoms with Crippen LogP contribution < -0.4 is 11.1 Å². The van der Waals surface area contributed by atoms with Gasteiger partial charge in [0.15, 0.2) is 0 Å². The summed E-state index contributed by atoms with van der Waals surface area (Å²) in [5, 5.41) is 3.56. The van der Waals surface area contributed by atoms with Crippen molar-refractivity contribution < 1.29 is 4.79 Å². The molecule has 17 heavy (non-hydrogen) atoms. The number of carbonyl (C=O) groups is 1. The van der Waals surface area contributed by atoms with E-state index in [1.807, 2.05) is 11.8 Å². The van der Waals surface area contributed by atoms with Crippen LogP contribution in [0.1, 0.15) is 29.6 Å². The summed E-state index contributed by atoms with van der Waals surface area (Å²) in [6.45, 7) is 0.762. The van der Waals surface area contributed by atoms with Crippen molar-refractivity contribution in [1.29, 1.82) is 0 Å². The predicted molar refractivity (Wildman–Crippen MR) is 73.3 cm³/mol. The quantitative estimate of drug-likeness (QED) is 0.809. The number of amides is 1. The fraction of sp³-hybridized carbons (Fsp3) is 0.462. The van der Waals surface area contributed by atoms with Crippen molar-refractivity contribution in [1.82, 2.24) is 5.32 Å². The number of nitrogen functional groups attached to an aromatic ring is 1. The van der Waals surface area contributed by atoms with Gasteiger partial charge in [-0.2, -0.15) is 11.8 Å². The van der Waals surface area contributed by atoms with Gasteiger partial charge in [0.05, 0.1) is 0 Å².